The van der Waals surface area contributed by atoms with Crippen LogP contribution in [0.2, 0.25) is 0 Å². The van der Waals surface area contributed by atoms with Gasteiger partial charge in [-0.25, -0.2) is 14.6 Å². The lowest BCUT2D eigenvalue weighted by Gasteiger charge is -2.09. The maximum atomic E-state index is 12.5. The molecule has 1 amide bonds. The molecule has 1 N–H and O–H groups in total. The van der Waals surface area contributed by atoms with Crippen LogP contribution in [0.3, 0.4) is 0 Å². The van der Waals surface area contributed by atoms with Gasteiger partial charge < -0.3 is 4.74 Å². The first-order valence-electron chi connectivity index (χ1n) is 9.09. The van der Waals surface area contributed by atoms with Crippen molar-refractivity contribution in [2.24, 2.45) is 0 Å². The Hall–Kier alpha value is -3.30. The number of carbonyl (C=O) groups excluding carboxylic acids is 1. The molecule has 0 spiro atoms. The molecule has 0 saturated carbocycles. The molecule has 0 aliphatic heterocycles. The van der Waals surface area contributed by atoms with Crippen molar-refractivity contribution >= 4 is 44.9 Å². The van der Waals surface area contributed by atoms with Crippen LogP contribution in [0.25, 0.3) is 16.3 Å². The number of aryl methyl sites for hydroxylation is 2. The number of nitrogens with zero attached hydrogens (tertiary/aromatic N) is 3. The van der Waals surface area contributed by atoms with Crippen LogP contribution in [-0.4, -0.2) is 20.6 Å². The lowest BCUT2D eigenvalue weighted by atomic mass is 10.2. The number of ether oxygens (including phenoxy) is 1. The summed E-state index contributed by atoms with van der Waals surface area (Å²) in [5.41, 5.74) is 4.01. The van der Waals surface area contributed by atoms with Gasteiger partial charge in [0.25, 0.3) is 11.5 Å². The van der Waals surface area contributed by atoms with Crippen LogP contribution in [0.5, 0.6) is 5.75 Å². The molecule has 0 unspecified atom stereocenters. The van der Waals surface area contributed by atoms with Crippen LogP contribution in [0, 0.1) is 13.8 Å². The number of carbonyl (C=O) groups is 1. The fraction of sp³-hybridized carbons (Fsp3) is 0.143. The molecule has 0 aliphatic rings. The predicted molar refractivity (Wildman–Crippen MR) is 120 cm³/mol. The minimum Gasteiger partial charge on any atom is -0.487 e. The molecule has 3 aromatic heterocycles. The highest BCUT2D eigenvalue weighted by Gasteiger charge is 2.10. The summed E-state index contributed by atoms with van der Waals surface area (Å²) in [4.78, 5) is 34.1. The van der Waals surface area contributed by atoms with Crippen LogP contribution in [0.1, 0.15) is 22.1 Å². The lowest BCUT2D eigenvalue weighted by molar-refractivity contribution is -0.112. The van der Waals surface area contributed by atoms with Crippen LogP contribution >= 0.6 is 22.7 Å². The summed E-state index contributed by atoms with van der Waals surface area (Å²) >= 11 is 2.98. The Bertz CT molecular complexity index is 1290. The lowest BCUT2D eigenvalue weighted by Crippen LogP contribution is -2.34. The maximum absolute atomic E-state index is 12.5. The quantitative estimate of drug-likeness (QED) is 0.462. The number of benzene rings is 1. The van der Waals surface area contributed by atoms with Gasteiger partial charge in [0, 0.05) is 11.5 Å². The molecule has 0 aliphatic carbocycles. The molecule has 0 fully saturated rings. The first kappa shape index (κ1) is 20.0. The van der Waals surface area contributed by atoms with Gasteiger partial charge in [-0.3, -0.25) is 15.0 Å². The standard InChI is InChI=1S/C21H18N4O3S2/c1-13-22-20-18(9-10-29-20)21(27)25(13)24-19(26)8-5-15-3-6-17(7-4-15)28-11-16-12-30-14(2)23-16/h3-10,12H,11H2,1-2H3,(H,24,26)/b8-5+. The van der Waals surface area contributed by atoms with Crippen LogP contribution in [-0.2, 0) is 11.4 Å². The fourth-order valence-corrected chi connectivity index (χ4v) is 4.17. The highest BCUT2D eigenvalue weighted by atomic mass is 32.1. The van der Waals surface area contributed by atoms with E-state index < -0.39 is 5.91 Å². The zero-order valence-corrected chi connectivity index (χ0v) is 17.9. The normalized spacial score (nSPS) is 11.3. The molecule has 4 rings (SSSR count). The van der Waals surface area contributed by atoms with E-state index in [4.69, 9.17) is 4.74 Å². The number of rotatable bonds is 6. The number of hydrogen-bond donors (Lipinski definition) is 1. The van der Waals surface area contributed by atoms with Crippen LogP contribution in [0.15, 0.2) is 52.0 Å². The fourth-order valence-electron chi connectivity index (χ4n) is 2.77. The van der Waals surface area contributed by atoms with Crippen molar-refractivity contribution in [3.05, 3.63) is 79.6 Å². The summed E-state index contributed by atoms with van der Waals surface area (Å²) in [6.45, 7) is 4.05. The van der Waals surface area contributed by atoms with Gasteiger partial charge in [-0.05, 0) is 49.1 Å². The first-order valence-corrected chi connectivity index (χ1v) is 10.9. The molecular weight excluding hydrogens is 420 g/mol. The van der Waals surface area contributed by atoms with Gasteiger partial charge in [-0.1, -0.05) is 12.1 Å². The molecule has 9 heteroatoms. The maximum Gasteiger partial charge on any atom is 0.281 e. The SMILES string of the molecule is Cc1nc(COc2ccc(/C=C/C(=O)Nn3c(C)nc4sccc4c3=O)cc2)cs1. The molecule has 1 aromatic carbocycles. The van der Waals surface area contributed by atoms with Crippen molar-refractivity contribution in [1.29, 1.82) is 0 Å². The Morgan fingerprint density at radius 2 is 1.97 bits per heavy atom. The minimum atomic E-state index is -0.421. The Kier molecular flexibility index (Phi) is 5.73. The predicted octanol–water partition coefficient (Wildman–Crippen LogP) is 3.89. The smallest absolute Gasteiger partial charge is 0.281 e. The zero-order chi connectivity index (χ0) is 21.1. The van der Waals surface area contributed by atoms with Crippen molar-refractivity contribution < 1.29 is 9.53 Å². The van der Waals surface area contributed by atoms with E-state index in [1.807, 2.05) is 36.6 Å². The van der Waals surface area contributed by atoms with E-state index in [0.717, 1.165) is 22.0 Å². The summed E-state index contributed by atoms with van der Waals surface area (Å²) in [7, 11) is 0. The minimum absolute atomic E-state index is 0.294. The molecular formula is C21H18N4O3S2. The number of hydrogen-bond acceptors (Lipinski definition) is 7. The van der Waals surface area contributed by atoms with E-state index in [1.165, 1.54) is 22.1 Å². The Labute approximate surface area is 180 Å². The molecule has 0 saturated heterocycles. The molecule has 7 nitrogen and oxygen atoms in total. The summed E-state index contributed by atoms with van der Waals surface area (Å²) in [6.07, 6.45) is 3.04. The van der Waals surface area contributed by atoms with Gasteiger partial charge in [0.2, 0.25) is 0 Å². The molecule has 0 bridgehead atoms. The number of thiophene rings is 1. The van der Waals surface area contributed by atoms with E-state index in [9.17, 15) is 9.59 Å². The van der Waals surface area contributed by atoms with E-state index in [2.05, 4.69) is 15.4 Å². The topological polar surface area (TPSA) is 86.1 Å². The average molecular weight is 439 g/mol. The van der Waals surface area contributed by atoms with E-state index in [0.29, 0.717) is 22.6 Å². The second-order valence-corrected chi connectivity index (χ2v) is 8.42. The van der Waals surface area contributed by atoms with Crippen LogP contribution < -0.4 is 15.7 Å². The average Bonchev–Trinajstić information content (AvgIpc) is 3.37. The molecule has 152 valence electrons. The zero-order valence-electron chi connectivity index (χ0n) is 16.3. The van der Waals surface area contributed by atoms with Crippen LogP contribution in [0.4, 0.5) is 0 Å². The third-order valence-corrected chi connectivity index (χ3v) is 5.88. The first-order chi connectivity index (χ1) is 14.5. The van der Waals surface area contributed by atoms with Gasteiger partial charge in [0.05, 0.1) is 16.1 Å². The second-order valence-electron chi connectivity index (χ2n) is 6.46. The van der Waals surface area contributed by atoms with Gasteiger partial charge in [-0.15, -0.1) is 22.7 Å². The molecule has 0 radical (unpaired) electrons. The summed E-state index contributed by atoms with van der Waals surface area (Å²) in [5, 5.41) is 5.27. The van der Waals surface area contributed by atoms with Gasteiger partial charge in [0.15, 0.2) is 0 Å². The number of nitrogens with one attached hydrogen (secondary N) is 1. The van der Waals surface area contributed by atoms with E-state index in [1.54, 1.807) is 35.8 Å². The summed E-state index contributed by atoms with van der Waals surface area (Å²) in [6, 6.07) is 9.07. The Morgan fingerprint density at radius 3 is 2.70 bits per heavy atom. The van der Waals surface area contributed by atoms with Gasteiger partial charge in [0.1, 0.15) is 23.0 Å². The molecule has 4 aromatic rings. The molecule has 30 heavy (non-hydrogen) atoms. The van der Waals surface area contributed by atoms with E-state index in [-0.39, 0.29) is 5.56 Å². The number of amides is 1. The monoisotopic (exact) mass is 438 g/mol. The third-order valence-electron chi connectivity index (χ3n) is 4.25. The van der Waals surface area contributed by atoms with Crippen molar-refractivity contribution in [1.82, 2.24) is 14.6 Å². The Balaban J connectivity index is 1.39. The molecule has 0 atom stereocenters. The third kappa shape index (κ3) is 4.47. The van der Waals surface area contributed by atoms with Gasteiger partial charge >= 0.3 is 0 Å². The number of thiazole rings is 1. The number of aromatic nitrogens is 3. The van der Waals surface area contributed by atoms with Crippen molar-refractivity contribution in [2.45, 2.75) is 20.5 Å². The van der Waals surface area contributed by atoms with Gasteiger partial charge in [-0.2, -0.15) is 0 Å². The molecule has 3 heterocycles. The Morgan fingerprint density at radius 1 is 1.17 bits per heavy atom. The van der Waals surface area contributed by atoms with Crippen molar-refractivity contribution in [3.63, 3.8) is 0 Å². The van der Waals surface area contributed by atoms with E-state index >= 15 is 0 Å². The van der Waals surface area contributed by atoms with Crippen molar-refractivity contribution in [2.75, 3.05) is 5.43 Å². The highest BCUT2D eigenvalue weighted by molar-refractivity contribution is 7.16. The van der Waals surface area contributed by atoms with Crippen molar-refractivity contribution in [3.8, 4) is 5.75 Å². The second kappa shape index (κ2) is 8.60. The highest BCUT2D eigenvalue weighted by Crippen LogP contribution is 2.17. The summed E-state index contributed by atoms with van der Waals surface area (Å²) < 4.78 is 6.88. The summed E-state index contributed by atoms with van der Waals surface area (Å²) in [5.74, 6) is 0.726. The number of fused-ring (bicyclic) bond motifs is 1. The largest absolute Gasteiger partial charge is 0.487 e.